The van der Waals surface area contributed by atoms with E-state index in [2.05, 4.69) is 5.32 Å². The lowest BCUT2D eigenvalue weighted by molar-refractivity contribution is -0.133. The largest absolute Gasteiger partial charge is 0.317 e. The molecule has 3 aromatic carbocycles. The number of carbonyl (C=O) groups is 2. The fourth-order valence-corrected chi connectivity index (χ4v) is 2.32. The van der Waals surface area contributed by atoms with Gasteiger partial charge in [-0.05, 0) is 23.6 Å². The highest BCUT2D eigenvalue weighted by Crippen LogP contribution is 2.23. The molecule has 0 heterocycles. The standard InChI is InChI=1S/C18H11F3N2O2/c19-12-8-9-14(16(21)15(12)20)23-18(25)17(24)22-13-7-3-5-10-4-1-2-6-11(10)13/h1-9H,(H,22,24)(H,23,25). The van der Waals surface area contributed by atoms with Crippen LogP contribution in [0.15, 0.2) is 54.6 Å². The van der Waals surface area contributed by atoms with Crippen molar-refractivity contribution in [2.75, 3.05) is 10.6 Å². The lowest BCUT2D eigenvalue weighted by atomic mass is 10.1. The number of hydrogen-bond donors (Lipinski definition) is 2. The van der Waals surface area contributed by atoms with Crippen LogP contribution >= 0.6 is 0 Å². The van der Waals surface area contributed by atoms with Crippen LogP contribution in [0.3, 0.4) is 0 Å². The van der Waals surface area contributed by atoms with E-state index in [0.29, 0.717) is 17.1 Å². The van der Waals surface area contributed by atoms with E-state index in [4.69, 9.17) is 0 Å². The first kappa shape index (κ1) is 16.5. The molecule has 0 atom stereocenters. The normalized spacial score (nSPS) is 10.5. The number of anilines is 2. The van der Waals surface area contributed by atoms with E-state index in [0.717, 1.165) is 11.5 Å². The Bertz CT molecular complexity index is 984. The van der Waals surface area contributed by atoms with Crippen LogP contribution in [0.1, 0.15) is 0 Å². The number of rotatable bonds is 2. The van der Waals surface area contributed by atoms with E-state index in [9.17, 15) is 22.8 Å². The van der Waals surface area contributed by atoms with Crippen LogP contribution in [-0.2, 0) is 9.59 Å². The van der Waals surface area contributed by atoms with E-state index >= 15 is 0 Å². The Labute approximate surface area is 140 Å². The number of hydrogen-bond acceptors (Lipinski definition) is 2. The predicted molar refractivity (Wildman–Crippen MR) is 87.5 cm³/mol. The van der Waals surface area contributed by atoms with Crippen molar-refractivity contribution in [3.63, 3.8) is 0 Å². The Balaban J connectivity index is 1.79. The van der Waals surface area contributed by atoms with Gasteiger partial charge in [0, 0.05) is 11.1 Å². The fraction of sp³-hybridized carbons (Fsp3) is 0. The molecular weight excluding hydrogens is 333 g/mol. The van der Waals surface area contributed by atoms with E-state index in [1.165, 1.54) is 0 Å². The van der Waals surface area contributed by atoms with Gasteiger partial charge in [0.1, 0.15) is 0 Å². The van der Waals surface area contributed by atoms with E-state index in [1.807, 2.05) is 23.5 Å². The van der Waals surface area contributed by atoms with Gasteiger partial charge in [0.25, 0.3) is 0 Å². The zero-order valence-electron chi connectivity index (χ0n) is 12.6. The van der Waals surface area contributed by atoms with Gasteiger partial charge in [-0.25, -0.2) is 13.2 Å². The summed E-state index contributed by atoms with van der Waals surface area (Å²) in [7, 11) is 0. The van der Waals surface area contributed by atoms with Gasteiger partial charge in [-0.3, -0.25) is 9.59 Å². The number of amides is 2. The molecule has 7 heteroatoms. The first-order valence-electron chi connectivity index (χ1n) is 7.21. The van der Waals surface area contributed by atoms with E-state index < -0.39 is 35.0 Å². The quantitative estimate of drug-likeness (QED) is 0.548. The van der Waals surface area contributed by atoms with Gasteiger partial charge in [0.15, 0.2) is 17.5 Å². The van der Waals surface area contributed by atoms with E-state index in [-0.39, 0.29) is 0 Å². The summed E-state index contributed by atoms with van der Waals surface area (Å²) in [5.41, 5.74) is -0.235. The molecule has 4 nitrogen and oxygen atoms in total. The van der Waals surface area contributed by atoms with Crippen molar-refractivity contribution in [2.24, 2.45) is 0 Å². The zero-order valence-corrected chi connectivity index (χ0v) is 12.6. The molecule has 0 saturated heterocycles. The third-order valence-corrected chi connectivity index (χ3v) is 3.53. The van der Waals surface area contributed by atoms with Gasteiger partial charge in [0.05, 0.1) is 5.69 Å². The van der Waals surface area contributed by atoms with Crippen molar-refractivity contribution in [1.29, 1.82) is 0 Å². The average Bonchev–Trinajstić information content (AvgIpc) is 2.62. The van der Waals surface area contributed by atoms with Crippen molar-refractivity contribution in [1.82, 2.24) is 0 Å². The fourth-order valence-electron chi connectivity index (χ4n) is 2.32. The maximum atomic E-state index is 13.6. The summed E-state index contributed by atoms with van der Waals surface area (Å²) >= 11 is 0. The Morgan fingerprint density at radius 1 is 0.680 bits per heavy atom. The average molecular weight is 344 g/mol. The molecular formula is C18H11F3N2O2. The minimum atomic E-state index is -1.73. The maximum Gasteiger partial charge on any atom is 0.314 e. The molecule has 3 aromatic rings. The third-order valence-electron chi connectivity index (χ3n) is 3.53. The molecule has 0 aliphatic heterocycles. The molecule has 2 amide bonds. The summed E-state index contributed by atoms with van der Waals surface area (Å²) < 4.78 is 39.6. The van der Waals surface area contributed by atoms with Gasteiger partial charge < -0.3 is 10.6 Å². The van der Waals surface area contributed by atoms with Crippen molar-refractivity contribution in [3.8, 4) is 0 Å². The first-order chi connectivity index (χ1) is 12.0. The van der Waals surface area contributed by atoms with Crippen LogP contribution in [0.5, 0.6) is 0 Å². The molecule has 25 heavy (non-hydrogen) atoms. The number of fused-ring (bicyclic) bond motifs is 1. The minimum Gasteiger partial charge on any atom is -0.317 e. The van der Waals surface area contributed by atoms with Crippen LogP contribution in [-0.4, -0.2) is 11.8 Å². The first-order valence-corrected chi connectivity index (χ1v) is 7.21. The third kappa shape index (κ3) is 3.30. The number of nitrogens with one attached hydrogen (secondary N) is 2. The minimum absolute atomic E-state index is 0.393. The Morgan fingerprint density at radius 2 is 1.32 bits per heavy atom. The summed E-state index contributed by atoms with van der Waals surface area (Å²) in [6.07, 6.45) is 0. The van der Waals surface area contributed by atoms with Crippen LogP contribution in [0.2, 0.25) is 0 Å². The molecule has 0 aliphatic rings. The lowest BCUT2D eigenvalue weighted by Gasteiger charge is -2.10. The van der Waals surface area contributed by atoms with Crippen LogP contribution < -0.4 is 10.6 Å². The van der Waals surface area contributed by atoms with Gasteiger partial charge in [0.2, 0.25) is 0 Å². The number of benzene rings is 3. The topological polar surface area (TPSA) is 58.2 Å². The molecule has 3 rings (SSSR count). The van der Waals surface area contributed by atoms with Gasteiger partial charge >= 0.3 is 11.8 Å². The number of halogens is 3. The summed E-state index contributed by atoms with van der Waals surface area (Å²) in [5, 5.41) is 5.89. The predicted octanol–water partition coefficient (Wildman–Crippen LogP) is 3.83. The maximum absolute atomic E-state index is 13.6. The Hall–Kier alpha value is -3.35. The smallest absolute Gasteiger partial charge is 0.314 e. The summed E-state index contributed by atoms with van der Waals surface area (Å²) in [4.78, 5) is 23.9. The SMILES string of the molecule is O=C(Nc1ccc(F)c(F)c1F)C(=O)Nc1cccc2ccccc12. The Morgan fingerprint density at radius 3 is 2.08 bits per heavy atom. The molecule has 0 bridgehead atoms. The molecule has 0 radical (unpaired) electrons. The monoisotopic (exact) mass is 344 g/mol. The van der Waals surface area contributed by atoms with Crippen molar-refractivity contribution < 1.29 is 22.8 Å². The number of carbonyl (C=O) groups excluding carboxylic acids is 2. The van der Waals surface area contributed by atoms with Crippen LogP contribution in [0.4, 0.5) is 24.5 Å². The highest BCUT2D eigenvalue weighted by atomic mass is 19.2. The highest BCUT2D eigenvalue weighted by Gasteiger charge is 2.19. The summed E-state index contributed by atoms with van der Waals surface area (Å²) in [6, 6.07) is 13.8. The van der Waals surface area contributed by atoms with Gasteiger partial charge in [-0.1, -0.05) is 36.4 Å². The van der Waals surface area contributed by atoms with Crippen LogP contribution in [0, 0.1) is 17.5 Å². The molecule has 0 saturated carbocycles. The molecule has 0 spiro atoms. The highest BCUT2D eigenvalue weighted by molar-refractivity contribution is 6.44. The van der Waals surface area contributed by atoms with Crippen molar-refractivity contribution in [2.45, 2.75) is 0 Å². The molecule has 2 N–H and O–H groups in total. The van der Waals surface area contributed by atoms with Crippen molar-refractivity contribution in [3.05, 3.63) is 72.0 Å². The molecule has 0 fully saturated rings. The summed E-state index contributed by atoms with van der Waals surface area (Å²) in [5.74, 6) is -6.98. The second-order valence-electron chi connectivity index (χ2n) is 5.16. The second kappa shape index (κ2) is 6.64. The van der Waals surface area contributed by atoms with Crippen molar-refractivity contribution >= 4 is 34.0 Å². The molecule has 0 aliphatic carbocycles. The molecule has 0 unspecified atom stereocenters. The van der Waals surface area contributed by atoms with Gasteiger partial charge in [-0.2, -0.15) is 0 Å². The van der Waals surface area contributed by atoms with Gasteiger partial charge in [-0.15, -0.1) is 0 Å². The Kier molecular flexibility index (Phi) is 4.38. The second-order valence-corrected chi connectivity index (χ2v) is 5.16. The molecule has 0 aromatic heterocycles. The molecule has 126 valence electrons. The summed E-state index contributed by atoms with van der Waals surface area (Å²) in [6.45, 7) is 0. The lowest BCUT2D eigenvalue weighted by Crippen LogP contribution is -2.29. The zero-order chi connectivity index (χ0) is 18.0. The van der Waals surface area contributed by atoms with Crippen LogP contribution in [0.25, 0.3) is 10.8 Å². The van der Waals surface area contributed by atoms with E-state index in [1.54, 1.807) is 24.3 Å².